The van der Waals surface area contributed by atoms with Gasteiger partial charge in [0, 0.05) is 12.1 Å². The summed E-state index contributed by atoms with van der Waals surface area (Å²) in [4.78, 5) is 11.6. The van der Waals surface area contributed by atoms with Gasteiger partial charge in [-0.15, -0.1) is 0 Å². The molecule has 0 saturated carbocycles. The van der Waals surface area contributed by atoms with Gasteiger partial charge in [0.15, 0.2) is 0 Å². The number of halogens is 1. The molecule has 0 aliphatic carbocycles. The molecule has 0 radical (unpaired) electrons. The number of rotatable bonds is 4. The van der Waals surface area contributed by atoms with E-state index in [-0.39, 0.29) is 18.3 Å². The molecule has 1 rings (SSSR count). The molecule has 2 N–H and O–H groups in total. The molecule has 3 nitrogen and oxygen atoms in total. The van der Waals surface area contributed by atoms with Crippen molar-refractivity contribution in [3.8, 4) is 0 Å². The van der Waals surface area contributed by atoms with Gasteiger partial charge in [-0.3, -0.25) is 4.79 Å². The molecule has 1 amide bonds. The third-order valence-corrected chi connectivity index (χ3v) is 2.50. The molecule has 0 saturated heterocycles. The Balaban J connectivity index is 2.56. The molecule has 4 heteroatoms. The van der Waals surface area contributed by atoms with Crippen molar-refractivity contribution < 1.29 is 14.3 Å². The maximum atomic E-state index is 12.6. The van der Waals surface area contributed by atoms with Gasteiger partial charge in [0.05, 0.1) is 5.60 Å². The molecule has 0 aromatic heterocycles. The van der Waals surface area contributed by atoms with Gasteiger partial charge in [0.1, 0.15) is 5.82 Å². The van der Waals surface area contributed by atoms with Crippen molar-refractivity contribution in [3.63, 3.8) is 0 Å². The van der Waals surface area contributed by atoms with E-state index in [0.29, 0.717) is 12.0 Å². The first-order valence-electron chi connectivity index (χ1n) is 5.21. The Kier molecular flexibility index (Phi) is 4.01. The fraction of sp³-hybridized carbons (Fsp3) is 0.417. The number of aliphatic hydroxyl groups is 1. The first-order chi connectivity index (χ1) is 7.44. The molecule has 1 aromatic rings. The van der Waals surface area contributed by atoms with E-state index in [1.165, 1.54) is 24.3 Å². The normalized spacial score (nSPS) is 14.2. The average Bonchev–Trinajstić information content (AvgIpc) is 2.27. The van der Waals surface area contributed by atoms with Gasteiger partial charge in [-0.05, 0) is 37.6 Å². The van der Waals surface area contributed by atoms with Crippen LogP contribution in [0.1, 0.15) is 30.6 Å². The van der Waals surface area contributed by atoms with E-state index in [9.17, 15) is 14.3 Å². The minimum absolute atomic E-state index is 0.180. The van der Waals surface area contributed by atoms with Crippen LogP contribution >= 0.6 is 0 Å². The van der Waals surface area contributed by atoms with Crippen LogP contribution in [0.4, 0.5) is 4.39 Å². The molecule has 0 fully saturated rings. The second kappa shape index (κ2) is 5.07. The SMILES string of the molecule is CCC(C)(O)CNC(=O)c1ccc(F)cc1. The molecule has 88 valence electrons. The Bertz CT molecular complexity index is 360. The van der Waals surface area contributed by atoms with Crippen molar-refractivity contribution in [2.75, 3.05) is 6.54 Å². The van der Waals surface area contributed by atoms with Crippen molar-refractivity contribution in [2.45, 2.75) is 25.9 Å². The molecule has 0 heterocycles. The van der Waals surface area contributed by atoms with Crippen LogP contribution in [0.3, 0.4) is 0 Å². The highest BCUT2D eigenvalue weighted by molar-refractivity contribution is 5.94. The quantitative estimate of drug-likeness (QED) is 0.819. The summed E-state index contributed by atoms with van der Waals surface area (Å²) in [5.41, 5.74) is -0.524. The summed E-state index contributed by atoms with van der Waals surface area (Å²) in [6, 6.07) is 5.27. The monoisotopic (exact) mass is 225 g/mol. The van der Waals surface area contributed by atoms with Crippen molar-refractivity contribution in [2.24, 2.45) is 0 Å². The third kappa shape index (κ3) is 3.62. The van der Waals surface area contributed by atoms with Crippen LogP contribution in [0, 0.1) is 5.82 Å². The highest BCUT2D eigenvalue weighted by atomic mass is 19.1. The maximum Gasteiger partial charge on any atom is 0.251 e. The first kappa shape index (κ1) is 12.6. The highest BCUT2D eigenvalue weighted by Gasteiger charge is 2.18. The van der Waals surface area contributed by atoms with E-state index in [1.54, 1.807) is 6.92 Å². The minimum atomic E-state index is -0.907. The number of hydrogen-bond acceptors (Lipinski definition) is 2. The molecular weight excluding hydrogens is 209 g/mol. The molecule has 0 aliphatic rings. The van der Waals surface area contributed by atoms with Crippen LogP contribution in [0.15, 0.2) is 24.3 Å². The molecule has 0 bridgehead atoms. The van der Waals surface area contributed by atoms with Crippen molar-refractivity contribution in [3.05, 3.63) is 35.6 Å². The van der Waals surface area contributed by atoms with E-state index in [4.69, 9.17) is 0 Å². The lowest BCUT2D eigenvalue weighted by molar-refractivity contribution is 0.0518. The predicted molar refractivity (Wildman–Crippen MR) is 59.6 cm³/mol. The molecule has 1 atom stereocenters. The number of benzene rings is 1. The van der Waals surface area contributed by atoms with Crippen molar-refractivity contribution >= 4 is 5.91 Å². The topological polar surface area (TPSA) is 49.3 Å². The van der Waals surface area contributed by atoms with Crippen LogP contribution < -0.4 is 5.32 Å². The number of nitrogens with one attached hydrogen (secondary N) is 1. The van der Waals surface area contributed by atoms with Gasteiger partial charge in [-0.25, -0.2) is 4.39 Å². The second-order valence-corrected chi connectivity index (χ2v) is 4.04. The Morgan fingerprint density at radius 3 is 2.50 bits per heavy atom. The fourth-order valence-electron chi connectivity index (χ4n) is 1.10. The van der Waals surface area contributed by atoms with Gasteiger partial charge in [0.2, 0.25) is 0 Å². The van der Waals surface area contributed by atoms with Crippen molar-refractivity contribution in [1.29, 1.82) is 0 Å². The lowest BCUT2D eigenvalue weighted by atomic mass is 10.0. The summed E-state index contributed by atoms with van der Waals surface area (Å²) >= 11 is 0. The molecule has 1 unspecified atom stereocenters. The van der Waals surface area contributed by atoms with Gasteiger partial charge in [0.25, 0.3) is 5.91 Å². The van der Waals surface area contributed by atoms with E-state index in [2.05, 4.69) is 5.32 Å². The molecule has 1 aromatic carbocycles. The molecule has 0 spiro atoms. The average molecular weight is 225 g/mol. The number of hydrogen-bond donors (Lipinski definition) is 2. The Morgan fingerprint density at radius 2 is 2.00 bits per heavy atom. The number of carbonyl (C=O) groups excluding carboxylic acids is 1. The van der Waals surface area contributed by atoms with E-state index >= 15 is 0 Å². The summed E-state index contributed by atoms with van der Waals surface area (Å²) in [5, 5.41) is 12.3. The predicted octanol–water partition coefficient (Wildman–Crippen LogP) is 1.72. The lowest BCUT2D eigenvalue weighted by Gasteiger charge is -2.21. The summed E-state index contributed by atoms with van der Waals surface area (Å²) in [5.74, 6) is -0.689. The highest BCUT2D eigenvalue weighted by Crippen LogP contribution is 2.07. The third-order valence-electron chi connectivity index (χ3n) is 2.50. The number of carbonyl (C=O) groups is 1. The fourth-order valence-corrected chi connectivity index (χ4v) is 1.10. The van der Waals surface area contributed by atoms with Crippen LogP contribution in [0.25, 0.3) is 0 Å². The second-order valence-electron chi connectivity index (χ2n) is 4.04. The van der Waals surface area contributed by atoms with E-state index in [1.807, 2.05) is 6.92 Å². The first-order valence-corrected chi connectivity index (χ1v) is 5.21. The lowest BCUT2D eigenvalue weighted by Crippen LogP contribution is -2.40. The largest absolute Gasteiger partial charge is 0.388 e. The summed E-state index contributed by atoms with van der Waals surface area (Å²) in [6.45, 7) is 3.67. The van der Waals surface area contributed by atoms with Crippen molar-refractivity contribution in [1.82, 2.24) is 5.32 Å². The smallest absolute Gasteiger partial charge is 0.251 e. The maximum absolute atomic E-state index is 12.6. The Hall–Kier alpha value is -1.42. The van der Waals surface area contributed by atoms with E-state index in [0.717, 1.165) is 0 Å². The number of amides is 1. The Labute approximate surface area is 94.3 Å². The Morgan fingerprint density at radius 1 is 1.44 bits per heavy atom. The van der Waals surface area contributed by atoms with Crippen LogP contribution in [-0.2, 0) is 0 Å². The van der Waals surface area contributed by atoms with Gasteiger partial charge >= 0.3 is 0 Å². The molecule has 16 heavy (non-hydrogen) atoms. The van der Waals surface area contributed by atoms with Gasteiger partial charge in [-0.2, -0.15) is 0 Å². The summed E-state index contributed by atoms with van der Waals surface area (Å²) < 4.78 is 12.6. The standard InChI is InChI=1S/C12H16FNO2/c1-3-12(2,16)8-14-11(15)9-4-6-10(13)7-5-9/h4-7,16H,3,8H2,1-2H3,(H,14,15). The zero-order valence-corrected chi connectivity index (χ0v) is 9.46. The zero-order valence-electron chi connectivity index (χ0n) is 9.46. The van der Waals surface area contributed by atoms with Gasteiger partial charge in [-0.1, -0.05) is 6.92 Å². The molecule has 0 aliphatic heterocycles. The summed E-state index contributed by atoms with van der Waals surface area (Å²) in [6.07, 6.45) is 0.552. The zero-order chi connectivity index (χ0) is 12.2. The summed E-state index contributed by atoms with van der Waals surface area (Å²) in [7, 11) is 0. The van der Waals surface area contributed by atoms with Gasteiger partial charge < -0.3 is 10.4 Å². The van der Waals surface area contributed by atoms with Crippen LogP contribution in [-0.4, -0.2) is 23.2 Å². The minimum Gasteiger partial charge on any atom is -0.388 e. The van der Waals surface area contributed by atoms with Crippen LogP contribution in [0.5, 0.6) is 0 Å². The van der Waals surface area contributed by atoms with E-state index < -0.39 is 5.60 Å². The van der Waals surface area contributed by atoms with Crippen LogP contribution in [0.2, 0.25) is 0 Å². The molecular formula is C12H16FNO2.